The maximum absolute atomic E-state index is 8.52. The molecule has 8 heteroatoms. The van der Waals surface area contributed by atoms with Gasteiger partial charge in [-0.1, -0.05) is 0 Å². The molecular formula is CK3NO3Si. The van der Waals surface area contributed by atoms with E-state index in [0.29, 0.717) is 0 Å². The number of hydrogen-bond acceptors (Lipinski definition) is 4. The van der Waals surface area contributed by atoms with Crippen LogP contribution in [0.1, 0.15) is 0 Å². The smallest absolute Gasteiger partial charge is 0.672 e. The largest absolute Gasteiger partial charge is 1.00 e. The molecule has 34 valence electrons. The van der Waals surface area contributed by atoms with Gasteiger partial charge in [0.2, 0.25) is 0 Å². The van der Waals surface area contributed by atoms with Crippen LogP contribution in [0.4, 0.5) is 0 Å². The molecule has 9 heavy (non-hydrogen) atoms. The Balaban J connectivity index is -0.00000000990. The summed E-state index contributed by atoms with van der Waals surface area (Å²) < 4.78 is 8.52. The Morgan fingerprint density at radius 1 is 1.11 bits per heavy atom. The zero-order valence-corrected chi connectivity index (χ0v) is 16.0. The van der Waals surface area contributed by atoms with Crippen LogP contribution < -0.4 is 164 Å². The summed E-state index contributed by atoms with van der Waals surface area (Å²) in [5, 5.41) is 6.25. The molecule has 0 radical (unpaired) electrons. The van der Waals surface area contributed by atoms with Crippen molar-refractivity contribution in [2.45, 2.75) is 0 Å². The topological polar surface area (TPSA) is 87.0 Å². The first kappa shape index (κ1) is 29.2. The average Bonchev–Trinajstić information content (AvgIpc) is 1.41. The van der Waals surface area contributed by atoms with Gasteiger partial charge in [-0.2, -0.15) is 0 Å². The molecule has 0 aliphatic carbocycles. The SMILES string of the molecule is O=[Si]([O-])[O-].[C-]#N.[K+].[K+].[K+]. The van der Waals surface area contributed by atoms with Crippen LogP contribution in [0.3, 0.4) is 0 Å². The van der Waals surface area contributed by atoms with Gasteiger partial charge in [-0.3, -0.25) is 0 Å². The van der Waals surface area contributed by atoms with E-state index in [1.807, 2.05) is 0 Å². The van der Waals surface area contributed by atoms with Gasteiger partial charge in [-0.05, 0) is 0 Å². The fraction of sp³-hybridized carbons (Fsp3) is 0. The van der Waals surface area contributed by atoms with Crippen LogP contribution in [0.25, 0.3) is 0 Å². The Kier molecular flexibility index (Phi) is 96.3. The summed E-state index contributed by atoms with van der Waals surface area (Å²) in [5.74, 6) is 0. The van der Waals surface area contributed by atoms with Gasteiger partial charge in [0, 0.05) is 9.17 Å². The molecule has 0 aromatic heterocycles. The molecule has 0 aliphatic rings. The summed E-state index contributed by atoms with van der Waals surface area (Å²) >= 11 is 0. The third-order valence-electron chi connectivity index (χ3n) is 0. The molecule has 0 amide bonds. The summed E-state index contributed by atoms with van der Waals surface area (Å²) in [6, 6.07) is 0. The van der Waals surface area contributed by atoms with Gasteiger partial charge in [0.15, 0.2) is 0 Å². The second kappa shape index (κ2) is 29.6. The molecule has 0 rings (SSSR count). The minimum absolute atomic E-state index is 0. The molecule has 0 heterocycles. The molecule has 0 aromatic rings. The molecule has 0 saturated carbocycles. The zero-order chi connectivity index (χ0) is 5.58. The van der Waals surface area contributed by atoms with E-state index >= 15 is 0 Å². The van der Waals surface area contributed by atoms with E-state index in [2.05, 4.69) is 0 Å². The van der Waals surface area contributed by atoms with Gasteiger partial charge >= 0.3 is 154 Å². The maximum atomic E-state index is 8.52. The molecule has 0 atom stereocenters. The number of hydrogen-bond donors (Lipinski definition) is 0. The third-order valence-corrected chi connectivity index (χ3v) is 0. The summed E-state index contributed by atoms with van der Waals surface area (Å²) in [6.07, 6.45) is 0. The molecule has 4 nitrogen and oxygen atoms in total. The van der Waals surface area contributed by atoms with Crippen molar-refractivity contribution in [3.8, 4) is 0 Å². The van der Waals surface area contributed by atoms with Crippen molar-refractivity contribution in [3.05, 3.63) is 6.57 Å². The molecule has 0 aromatic carbocycles. The van der Waals surface area contributed by atoms with Crippen molar-refractivity contribution >= 4 is 9.17 Å². The van der Waals surface area contributed by atoms with Crippen molar-refractivity contribution in [1.29, 1.82) is 5.26 Å². The second-order valence-electron chi connectivity index (χ2n) is 0.250. The monoisotopic (exact) mass is 219 g/mol. The first-order valence-electron chi connectivity index (χ1n) is 0.836. The summed E-state index contributed by atoms with van der Waals surface area (Å²) in [5.41, 5.74) is 0. The van der Waals surface area contributed by atoms with Gasteiger partial charge in [0.05, 0.1) is 0 Å². The van der Waals surface area contributed by atoms with Crippen LogP contribution in [0.2, 0.25) is 0 Å². The van der Waals surface area contributed by atoms with E-state index in [0.717, 1.165) is 0 Å². The molecule has 0 bridgehead atoms. The normalized spacial score (nSPS) is 2.89. The van der Waals surface area contributed by atoms with E-state index in [4.69, 9.17) is 25.9 Å². The Morgan fingerprint density at radius 3 is 1.11 bits per heavy atom. The molecule has 0 saturated heterocycles. The Hall–Kier alpha value is 4.02. The Morgan fingerprint density at radius 2 is 1.11 bits per heavy atom. The van der Waals surface area contributed by atoms with Crippen molar-refractivity contribution in [1.82, 2.24) is 0 Å². The van der Waals surface area contributed by atoms with E-state index in [9.17, 15) is 0 Å². The fourth-order valence-corrected chi connectivity index (χ4v) is 0. The van der Waals surface area contributed by atoms with Crippen LogP contribution in [0, 0.1) is 11.8 Å². The molecule has 0 aliphatic heterocycles. The van der Waals surface area contributed by atoms with Gasteiger partial charge in [-0.15, -0.1) is 0 Å². The first-order chi connectivity index (χ1) is 2.73. The molecule has 0 fully saturated rings. The second-order valence-corrected chi connectivity index (χ2v) is 0.750. The first-order valence-corrected chi connectivity index (χ1v) is 2.06. The summed E-state index contributed by atoms with van der Waals surface area (Å²) in [6.45, 7) is 4.75. The minimum atomic E-state index is -3.63. The fourth-order valence-electron chi connectivity index (χ4n) is 0. The molecular weight excluding hydrogens is 219 g/mol. The van der Waals surface area contributed by atoms with Crippen LogP contribution >= 0.6 is 0 Å². The van der Waals surface area contributed by atoms with Gasteiger partial charge in [-0.25, -0.2) is 0 Å². The predicted molar refractivity (Wildman–Crippen MR) is 11.4 cm³/mol. The zero-order valence-electron chi connectivity index (χ0n) is 5.67. The van der Waals surface area contributed by atoms with Crippen LogP contribution in [-0.2, 0) is 4.46 Å². The van der Waals surface area contributed by atoms with Crippen molar-refractivity contribution in [2.75, 3.05) is 0 Å². The van der Waals surface area contributed by atoms with Gasteiger partial charge < -0.3 is 25.9 Å². The van der Waals surface area contributed by atoms with Gasteiger partial charge in [0.25, 0.3) is 0 Å². The summed E-state index contributed by atoms with van der Waals surface area (Å²) in [4.78, 5) is 17.0. The van der Waals surface area contributed by atoms with Gasteiger partial charge in [0.1, 0.15) is 0 Å². The molecule has 0 unspecified atom stereocenters. The van der Waals surface area contributed by atoms with Crippen LogP contribution in [0.5, 0.6) is 0 Å². The summed E-state index contributed by atoms with van der Waals surface area (Å²) in [7, 11) is -3.63. The Bertz CT molecular complexity index is 63.3. The van der Waals surface area contributed by atoms with E-state index < -0.39 is 9.17 Å². The van der Waals surface area contributed by atoms with Crippen LogP contribution in [0.15, 0.2) is 0 Å². The van der Waals surface area contributed by atoms with E-state index in [1.54, 1.807) is 0 Å². The Labute approximate surface area is 183 Å². The van der Waals surface area contributed by atoms with E-state index in [-0.39, 0.29) is 154 Å². The molecule has 0 N–H and O–H groups in total. The number of rotatable bonds is 0. The van der Waals surface area contributed by atoms with Crippen molar-refractivity contribution in [3.63, 3.8) is 0 Å². The maximum Gasteiger partial charge on any atom is 1.00 e. The van der Waals surface area contributed by atoms with Crippen molar-refractivity contribution < 1.29 is 168 Å². The molecule has 0 spiro atoms. The van der Waals surface area contributed by atoms with Crippen LogP contribution in [-0.4, -0.2) is 9.17 Å². The quantitative estimate of drug-likeness (QED) is 0.299. The standard InChI is InChI=1S/CN.3K.O3Si/c1-2;;;;1-4(2)3/q-1;3*+1;-2. The third kappa shape index (κ3) is 74.7. The minimum Gasteiger partial charge on any atom is -0.672 e. The predicted octanol–water partition coefficient (Wildman–Crippen LogP) is -11.8. The number of nitrogens with zero attached hydrogens (tertiary/aromatic N) is 1. The van der Waals surface area contributed by atoms with E-state index in [1.165, 1.54) is 0 Å². The average molecular weight is 219 g/mol. The van der Waals surface area contributed by atoms with Crippen molar-refractivity contribution in [2.24, 2.45) is 0 Å².